The first-order chi connectivity index (χ1) is 10.1. The highest BCUT2D eigenvalue weighted by Crippen LogP contribution is 2.42. The van der Waals surface area contributed by atoms with Crippen LogP contribution in [-0.2, 0) is 4.79 Å². The van der Waals surface area contributed by atoms with E-state index in [9.17, 15) is 4.79 Å². The third-order valence-electron chi connectivity index (χ3n) is 2.99. The van der Waals surface area contributed by atoms with Crippen molar-refractivity contribution in [3.63, 3.8) is 0 Å². The van der Waals surface area contributed by atoms with Crippen LogP contribution >= 0.6 is 34.5 Å². The quantitative estimate of drug-likeness (QED) is 0.841. The Bertz CT molecular complexity index is 710. The second-order valence-corrected chi connectivity index (χ2v) is 6.48. The summed E-state index contributed by atoms with van der Waals surface area (Å²) in [6, 6.07) is 5.26. The molecule has 0 bridgehead atoms. The van der Waals surface area contributed by atoms with Crippen LogP contribution in [0, 0.1) is 0 Å². The normalized spacial score (nSPS) is 14.6. The summed E-state index contributed by atoms with van der Waals surface area (Å²) in [7, 11) is 0. The number of amides is 1. The number of aromatic nitrogens is 2. The van der Waals surface area contributed by atoms with Crippen molar-refractivity contribution in [2.24, 2.45) is 0 Å². The minimum atomic E-state index is -0.274. The van der Waals surface area contributed by atoms with Crippen LogP contribution in [0.2, 0.25) is 10.0 Å². The zero-order valence-electron chi connectivity index (χ0n) is 10.8. The van der Waals surface area contributed by atoms with Gasteiger partial charge in [0.05, 0.1) is 10.0 Å². The van der Waals surface area contributed by atoms with Crippen LogP contribution in [0.5, 0.6) is 0 Å². The molecule has 1 aromatic carbocycles. The number of anilines is 1. The fourth-order valence-corrected chi connectivity index (χ4v) is 3.03. The van der Waals surface area contributed by atoms with E-state index in [0.29, 0.717) is 26.7 Å². The van der Waals surface area contributed by atoms with Gasteiger partial charge in [-0.2, -0.15) is 0 Å². The smallest absolute Gasteiger partial charge is 0.250 e. The number of carbonyl (C=O) groups is 1. The molecule has 1 N–H and O–H groups in total. The molecule has 0 unspecified atom stereocenters. The monoisotopic (exact) mass is 339 g/mol. The number of hydrogen-bond acceptors (Lipinski definition) is 4. The highest BCUT2D eigenvalue weighted by molar-refractivity contribution is 7.15. The van der Waals surface area contributed by atoms with Crippen LogP contribution in [0.15, 0.2) is 24.3 Å². The molecule has 1 amide bonds. The van der Waals surface area contributed by atoms with Gasteiger partial charge >= 0.3 is 0 Å². The molecule has 1 fully saturated rings. The van der Waals surface area contributed by atoms with E-state index >= 15 is 0 Å². The van der Waals surface area contributed by atoms with Gasteiger partial charge in [0.1, 0.15) is 5.01 Å². The molecule has 0 spiro atoms. The lowest BCUT2D eigenvalue weighted by Crippen LogP contribution is -2.07. The topological polar surface area (TPSA) is 54.9 Å². The first kappa shape index (κ1) is 14.5. The molecule has 7 heteroatoms. The molecule has 2 aromatic rings. The summed E-state index contributed by atoms with van der Waals surface area (Å²) >= 11 is 13.4. The summed E-state index contributed by atoms with van der Waals surface area (Å²) in [6.45, 7) is 0. The summed E-state index contributed by atoms with van der Waals surface area (Å²) in [5, 5.41) is 13.1. The molecule has 0 atom stereocenters. The van der Waals surface area contributed by atoms with Crippen molar-refractivity contribution >= 4 is 51.7 Å². The molecule has 1 heterocycles. The highest BCUT2D eigenvalue weighted by atomic mass is 35.5. The minimum Gasteiger partial charge on any atom is -0.297 e. The summed E-state index contributed by atoms with van der Waals surface area (Å²) in [5.41, 5.74) is 0.690. The zero-order chi connectivity index (χ0) is 14.8. The Hall–Kier alpha value is -1.43. The Morgan fingerprint density at radius 3 is 2.90 bits per heavy atom. The maximum Gasteiger partial charge on any atom is 0.250 e. The molecule has 0 saturated heterocycles. The molecule has 1 aliphatic carbocycles. The second kappa shape index (κ2) is 6.13. The fourth-order valence-electron chi connectivity index (χ4n) is 1.74. The average Bonchev–Trinajstić information content (AvgIpc) is 3.21. The number of halogens is 2. The standard InChI is InChI=1S/C14H11Cl2N3OS/c15-10-3-1-2-8(12(10)16)6-7-11(20)17-14-19-18-13(21-14)9-4-5-9/h1-3,6-7,9H,4-5H2,(H,17,19,20)/b7-6+. The summed E-state index contributed by atoms with van der Waals surface area (Å²) in [6.07, 6.45) is 5.34. The Balaban J connectivity index is 1.65. The number of hydrogen-bond donors (Lipinski definition) is 1. The van der Waals surface area contributed by atoms with Crippen LogP contribution in [0.25, 0.3) is 6.08 Å². The maximum absolute atomic E-state index is 11.8. The van der Waals surface area contributed by atoms with E-state index in [2.05, 4.69) is 15.5 Å². The van der Waals surface area contributed by atoms with Crippen molar-refractivity contribution in [1.29, 1.82) is 0 Å². The van der Waals surface area contributed by atoms with E-state index in [1.54, 1.807) is 24.3 Å². The van der Waals surface area contributed by atoms with E-state index in [-0.39, 0.29) is 5.91 Å². The summed E-state index contributed by atoms with van der Waals surface area (Å²) in [5.74, 6) is 0.263. The number of rotatable bonds is 4. The van der Waals surface area contributed by atoms with E-state index in [1.807, 2.05) is 0 Å². The Morgan fingerprint density at radius 1 is 1.33 bits per heavy atom. The Morgan fingerprint density at radius 2 is 2.14 bits per heavy atom. The lowest BCUT2D eigenvalue weighted by molar-refractivity contribution is -0.111. The van der Waals surface area contributed by atoms with Gasteiger partial charge in [-0.05, 0) is 30.5 Å². The SMILES string of the molecule is O=C(/C=C/c1cccc(Cl)c1Cl)Nc1nnc(C2CC2)s1. The van der Waals surface area contributed by atoms with Gasteiger partial charge in [0.15, 0.2) is 0 Å². The summed E-state index contributed by atoms with van der Waals surface area (Å²) < 4.78 is 0. The highest BCUT2D eigenvalue weighted by Gasteiger charge is 2.27. The molecule has 0 radical (unpaired) electrons. The lowest BCUT2D eigenvalue weighted by Gasteiger charge is -2.00. The number of benzene rings is 1. The van der Waals surface area contributed by atoms with Gasteiger partial charge in [0.2, 0.25) is 11.0 Å². The van der Waals surface area contributed by atoms with Crippen LogP contribution in [-0.4, -0.2) is 16.1 Å². The van der Waals surface area contributed by atoms with Gasteiger partial charge in [-0.3, -0.25) is 10.1 Å². The van der Waals surface area contributed by atoms with E-state index in [1.165, 1.54) is 17.4 Å². The number of carbonyl (C=O) groups excluding carboxylic acids is 1. The first-order valence-electron chi connectivity index (χ1n) is 6.40. The first-order valence-corrected chi connectivity index (χ1v) is 7.97. The van der Waals surface area contributed by atoms with Crippen LogP contribution in [0.3, 0.4) is 0 Å². The Labute approximate surface area is 135 Å². The van der Waals surface area contributed by atoms with Crippen molar-refractivity contribution < 1.29 is 4.79 Å². The third kappa shape index (κ3) is 3.61. The van der Waals surface area contributed by atoms with Crippen molar-refractivity contribution in [1.82, 2.24) is 10.2 Å². The van der Waals surface area contributed by atoms with E-state index in [4.69, 9.17) is 23.2 Å². The van der Waals surface area contributed by atoms with Crippen molar-refractivity contribution in [3.05, 3.63) is 44.9 Å². The minimum absolute atomic E-state index is 0.274. The van der Waals surface area contributed by atoms with Crippen molar-refractivity contribution in [2.45, 2.75) is 18.8 Å². The van der Waals surface area contributed by atoms with E-state index in [0.717, 1.165) is 17.8 Å². The predicted octanol–water partition coefficient (Wildman–Crippen LogP) is 4.37. The molecule has 21 heavy (non-hydrogen) atoms. The third-order valence-corrected chi connectivity index (χ3v) is 4.83. The van der Waals surface area contributed by atoms with Crippen LogP contribution < -0.4 is 5.32 Å². The van der Waals surface area contributed by atoms with Gasteiger partial charge < -0.3 is 0 Å². The molecular weight excluding hydrogens is 329 g/mol. The molecule has 1 aliphatic rings. The van der Waals surface area contributed by atoms with Crippen molar-refractivity contribution in [3.8, 4) is 0 Å². The van der Waals surface area contributed by atoms with Gasteiger partial charge in [0.25, 0.3) is 0 Å². The van der Waals surface area contributed by atoms with Crippen molar-refractivity contribution in [2.75, 3.05) is 5.32 Å². The fraction of sp³-hybridized carbons (Fsp3) is 0.214. The molecule has 1 saturated carbocycles. The Kier molecular flexibility index (Phi) is 4.24. The molecular formula is C14H11Cl2N3OS. The average molecular weight is 340 g/mol. The molecule has 1 aromatic heterocycles. The summed E-state index contributed by atoms with van der Waals surface area (Å²) in [4.78, 5) is 11.8. The second-order valence-electron chi connectivity index (χ2n) is 4.69. The maximum atomic E-state index is 11.8. The largest absolute Gasteiger partial charge is 0.297 e. The van der Waals surface area contributed by atoms with Gasteiger partial charge in [0, 0.05) is 12.0 Å². The molecule has 108 valence electrons. The van der Waals surface area contributed by atoms with Gasteiger partial charge in [-0.25, -0.2) is 0 Å². The van der Waals surface area contributed by atoms with Gasteiger partial charge in [-0.15, -0.1) is 10.2 Å². The predicted molar refractivity (Wildman–Crippen MR) is 86.0 cm³/mol. The van der Waals surface area contributed by atoms with E-state index < -0.39 is 0 Å². The number of nitrogens with zero attached hydrogens (tertiary/aromatic N) is 2. The molecule has 4 nitrogen and oxygen atoms in total. The van der Waals surface area contributed by atoms with Crippen LogP contribution in [0.4, 0.5) is 5.13 Å². The molecule has 3 rings (SSSR count). The molecule has 0 aliphatic heterocycles. The van der Waals surface area contributed by atoms with Crippen LogP contribution in [0.1, 0.15) is 29.3 Å². The zero-order valence-corrected chi connectivity index (χ0v) is 13.2. The number of nitrogens with one attached hydrogen (secondary N) is 1. The van der Waals surface area contributed by atoms with Gasteiger partial charge in [-0.1, -0.05) is 46.7 Å². The lowest BCUT2D eigenvalue weighted by atomic mass is 10.2.